The third-order valence-electron chi connectivity index (χ3n) is 11.2. The fraction of sp³-hybridized carbons (Fsp3) is 0.375. The molecule has 3 N–H and O–H groups in total. The molecule has 2 fully saturated rings. The van der Waals surface area contributed by atoms with Crippen molar-refractivity contribution < 1.29 is 81.6 Å². The molecule has 5 amide bonds. The van der Waals surface area contributed by atoms with Crippen LogP contribution in [0.15, 0.2) is 60.7 Å². The largest absolute Gasteiger partial charge is 0.493 e. The van der Waals surface area contributed by atoms with Gasteiger partial charge in [-0.2, -0.15) is 0 Å². The highest BCUT2D eigenvalue weighted by Gasteiger charge is 2.47. The molecule has 23 heteroatoms. The van der Waals surface area contributed by atoms with Gasteiger partial charge >= 0.3 is 0 Å². The van der Waals surface area contributed by atoms with E-state index in [9.17, 15) is 54.4 Å². The summed E-state index contributed by atoms with van der Waals surface area (Å²) < 4.78 is 143. The molecule has 18 nitrogen and oxygen atoms in total. The number of nitrogens with one attached hydrogen (secondary N) is 1. The van der Waals surface area contributed by atoms with E-state index >= 15 is 0 Å². The molecule has 2 heterocycles. The number of ether oxygens (including phenoxy) is 4. The lowest BCUT2D eigenvalue weighted by Gasteiger charge is -2.27. The topological polar surface area (TPSA) is 252 Å². The molecule has 0 spiro atoms. The smallest absolute Gasteiger partial charge is 0.265 e. The molecule has 0 aromatic heterocycles. The summed E-state index contributed by atoms with van der Waals surface area (Å²) in [5.41, 5.74) is 4.04. The van der Waals surface area contributed by atoms with Crippen molar-refractivity contribution in [2.45, 2.75) is 51.6 Å². The SMILES string of the molecule is O=C(Cl)C1CC1.[2H]C([2H])([2H])Oc1ccc([C@@H](CS(C)(=O)=O)N2C(=O)c3c(F)ccc(NC(=O)C4CC4)c3C2=O)cc1OCC.[2H]C([2H])([2H])Oc1ccc([C@@H](CS(C)(=O)=O)N2C(=O)c3c(N)ccc(F)c3C2=O)cc1OCC. The summed E-state index contributed by atoms with van der Waals surface area (Å²) in [6.45, 7) is 3.48. The third-order valence-corrected chi connectivity index (χ3v) is 13.4. The van der Waals surface area contributed by atoms with E-state index in [0.717, 1.165) is 43.6 Å². The minimum atomic E-state index is -3.82. The van der Waals surface area contributed by atoms with Gasteiger partial charge in [0.25, 0.3) is 23.6 Å². The number of carbonyl (C=O) groups excluding carboxylic acids is 6. The molecule has 71 heavy (non-hydrogen) atoms. The number of methoxy groups -OCH3 is 2. The number of hydrogen-bond acceptors (Lipinski definition) is 15. The van der Waals surface area contributed by atoms with E-state index in [1.165, 1.54) is 42.5 Å². The van der Waals surface area contributed by atoms with Gasteiger partial charge in [-0.1, -0.05) is 12.1 Å². The number of anilines is 2. The Bertz CT molecular complexity index is 3230. The van der Waals surface area contributed by atoms with Crippen molar-refractivity contribution in [1.29, 1.82) is 0 Å². The number of sulfone groups is 2. The van der Waals surface area contributed by atoms with E-state index in [1.54, 1.807) is 13.8 Å². The second-order valence-corrected chi connectivity index (χ2v) is 21.5. The van der Waals surface area contributed by atoms with Gasteiger partial charge in [0.15, 0.2) is 23.0 Å². The van der Waals surface area contributed by atoms with Crippen LogP contribution in [0.5, 0.6) is 23.0 Å². The lowest BCUT2D eigenvalue weighted by Crippen LogP contribution is -2.38. The molecule has 0 bridgehead atoms. The normalized spacial score (nSPS) is 17.5. The van der Waals surface area contributed by atoms with Crippen molar-refractivity contribution >= 4 is 77.4 Å². The van der Waals surface area contributed by atoms with Crippen molar-refractivity contribution in [3.63, 3.8) is 0 Å². The van der Waals surface area contributed by atoms with Gasteiger partial charge < -0.3 is 30.0 Å². The number of carbonyl (C=O) groups is 6. The molecule has 380 valence electrons. The Morgan fingerprint density at radius 3 is 1.48 bits per heavy atom. The Morgan fingerprint density at radius 1 is 0.676 bits per heavy atom. The summed E-state index contributed by atoms with van der Waals surface area (Å²) >= 11 is 5.04. The van der Waals surface area contributed by atoms with Crippen LogP contribution >= 0.6 is 11.6 Å². The van der Waals surface area contributed by atoms with Crippen molar-refractivity contribution in [2.24, 2.45) is 11.8 Å². The minimum Gasteiger partial charge on any atom is -0.493 e. The lowest BCUT2D eigenvalue weighted by molar-refractivity contribution is -0.117. The number of nitrogens with two attached hydrogens (primary N) is 1. The second kappa shape index (κ2) is 21.8. The number of hydrogen-bond donors (Lipinski definition) is 2. The van der Waals surface area contributed by atoms with Crippen LogP contribution in [0.3, 0.4) is 0 Å². The summed E-state index contributed by atoms with van der Waals surface area (Å²) in [6, 6.07) is 9.05. The number of imide groups is 2. The molecule has 0 saturated heterocycles. The quantitative estimate of drug-likeness (QED) is 0.0667. The van der Waals surface area contributed by atoms with Crippen molar-refractivity contribution in [1.82, 2.24) is 9.80 Å². The van der Waals surface area contributed by atoms with Crippen LogP contribution in [0.1, 0.15) is 112 Å². The molecule has 4 aliphatic rings. The highest BCUT2D eigenvalue weighted by molar-refractivity contribution is 7.90. The standard InChI is InChI=1S/C24H25FN2O7S.C20H21FN2O6S.C4H5ClO/c1-4-34-19-11-14(7-10-18(19)33-2)17(12-35(3,31)32)27-23(29)20-15(25)8-9-16(21(20)24(27)30)26-22(28)13-5-6-13;1-4-29-16-9-11(5-8-15(16)28-2)14(10-30(3,26)27)23-19(24)17-12(21)6-7-13(22)18(17)20(23)25;5-4(6)3-1-2-3/h7-11,13,17H,4-6,12H2,1-3H3,(H,26,28);5-9,14H,4,10,22H2,1-3H3;3H,1-2H2/t17-;14-;/m11./s1/i2*2D3;. The third kappa shape index (κ3) is 12.3. The lowest BCUT2D eigenvalue weighted by atomic mass is 10.1. The second-order valence-electron chi connectivity index (χ2n) is 16.7. The summed E-state index contributed by atoms with van der Waals surface area (Å²) in [7, 11) is -13.2. The van der Waals surface area contributed by atoms with Gasteiger partial charge in [-0.05, 0) is 111 Å². The van der Waals surface area contributed by atoms with Crippen LogP contribution in [0.2, 0.25) is 0 Å². The summed E-state index contributed by atoms with van der Waals surface area (Å²) in [5.74, 6) is -8.14. The molecule has 2 aliphatic heterocycles. The van der Waals surface area contributed by atoms with Crippen LogP contribution in [-0.2, 0) is 29.3 Å². The fourth-order valence-corrected chi connectivity index (χ4v) is 9.70. The van der Waals surface area contributed by atoms with Crippen molar-refractivity contribution in [3.05, 3.63) is 106 Å². The van der Waals surface area contributed by atoms with Gasteiger partial charge in [0.05, 0.1) is 87.0 Å². The molecule has 2 aliphatic carbocycles. The Morgan fingerprint density at radius 2 is 1.10 bits per heavy atom. The van der Waals surface area contributed by atoms with Gasteiger partial charge in [0.1, 0.15) is 31.3 Å². The van der Waals surface area contributed by atoms with Gasteiger partial charge in [-0.25, -0.2) is 25.6 Å². The fourth-order valence-electron chi connectivity index (χ4n) is 7.65. The minimum absolute atomic E-state index is 0.0353. The number of rotatable bonds is 17. The Kier molecular flexibility index (Phi) is 13.9. The maximum absolute atomic E-state index is 14.8. The van der Waals surface area contributed by atoms with Gasteiger partial charge in [0.2, 0.25) is 11.1 Å². The Labute approximate surface area is 421 Å². The monoisotopic (exact) mass is 1050 g/mol. The number of amides is 5. The van der Waals surface area contributed by atoms with Crippen LogP contribution in [0.25, 0.3) is 0 Å². The van der Waals surface area contributed by atoms with Gasteiger partial charge in [-0.3, -0.25) is 38.6 Å². The Balaban J connectivity index is 0.000000226. The zero-order chi connectivity index (χ0) is 57.3. The molecule has 8 rings (SSSR count). The molecule has 0 radical (unpaired) electrons. The van der Waals surface area contributed by atoms with Gasteiger partial charge in [0, 0.05) is 30.0 Å². The number of halogens is 3. The molecule has 4 aromatic rings. The predicted octanol–water partition coefficient (Wildman–Crippen LogP) is 6.32. The predicted molar refractivity (Wildman–Crippen MR) is 256 cm³/mol. The zero-order valence-electron chi connectivity index (χ0n) is 44.4. The maximum atomic E-state index is 14.8. The van der Waals surface area contributed by atoms with Crippen LogP contribution in [0.4, 0.5) is 20.2 Å². The summed E-state index contributed by atoms with van der Waals surface area (Å²) in [5, 5.41) is 2.41. The van der Waals surface area contributed by atoms with E-state index in [1.807, 2.05) is 0 Å². The molecule has 0 unspecified atom stereocenters. The van der Waals surface area contributed by atoms with E-state index in [-0.39, 0.29) is 92.8 Å². The van der Waals surface area contributed by atoms with E-state index in [0.29, 0.717) is 22.6 Å². The van der Waals surface area contributed by atoms with E-state index in [2.05, 4.69) is 5.32 Å². The maximum Gasteiger partial charge on any atom is 0.265 e. The molecule has 4 aromatic carbocycles. The highest BCUT2D eigenvalue weighted by atomic mass is 35.5. The summed E-state index contributed by atoms with van der Waals surface area (Å²) in [6.07, 6.45) is 5.21. The van der Waals surface area contributed by atoms with Crippen molar-refractivity contribution in [3.8, 4) is 23.0 Å². The Hall–Kier alpha value is -6.65. The first-order chi connectivity index (χ1) is 35.7. The summed E-state index contributed by atoms with van der Waals surface area (Å²) in [4.78, 5) is 76.7. The average molecular weight is 1050 g/mol. The van der Waals surface area contributed by atoms with Crippen molar-refractivity contribution in [2.75, 3.05) is 62.4 Å². The first-order valence-electron chi connectivity index (χ1n) is 24.7. The highest BCUT2D eigenvalue weighted by Crippen LogP contribution is 2.42. The van der Waals surface area contributed by atoms with E-state index in [4.69, 9.17) is 44.5 Å². The van der Waals surface area contributed by atoms with Crippen LogP contribution in [0, 0.1) is 23.5 Å². The number of nitrogen functional groups attached to an aromatic ring is 1. The van der Waals surface area contributed by atoms with Crippen LogP contribution < -0.4 is 30.0 Å². The zero-order valence-corrected chi connectivity index (χ0v) is 40.8. The van der Waals surface area contributed by atoms with E-state index < -0.39 is 104 Å². The first-order valence-corrected chi connectivity index (χ1v) is 26.2. The number of benzene rings is 4. The first kappa shape index (κ1) is 45.5. The molecule has 2 atom stereocenters. The molecule has 2 saturated carbocycles. The average Bonchev–Trinajstić information content (AvgIpc) is 4.25. The van der Waals surface area contributed by atoms with Crippen LogP contribution in [-0.4, -0.2) is 113 Å². The van der Waals surface area contributed by atoms with Gasteiger partial charge in [-0.15, -0.1) is 0 Å². The number of fused-ring (bicyclic) bond motifs is 2. The number of nitrogens with zero attached hydrogens (tertiary/aromatic N) is 2. The molecular weight excluding hydrogens is 994 g/mol. The molecular formula is C48H51ClF2N4O14S2.